The van der Waals surface area contributed by atoms with E-state index in [0.29, 0.717) is 34.7 Å². The summed E-state index contributed by atoms with van der Waals surface area (Å²) in [6.45, 7) is 9.21. The largest absolute Gasteiger partial charge is 0.495 e. The molecule has 0 bridgehead atoms. The molecule has 0 saturated heterocycles. The van der Waals surface area contributed by atoms with Crippen molar-refractivity contribution in [2.75, 3.05) is 25.3 Å². The maximum Gasteiger partial charge on any atom is 0.302 e. The smallest absolute Gasteiger partial charge is 0.302 e. The number of carbonyl (C=O) groups is 3. The minimum atomic E-state index is -0.245. The Morgan fingerprint density at radius 3 is 2.09 bits per heavy atom. The second-order valence-corrected chi connectivity index (χ2v) is 7.67. The van der Waals surface area contributed by atoms with Crippen LogP contribution in [0.3, 0.4) is 0 Å². The van der Waals surface area contributed by atoms with Crippen LogP contribution in [0.4, 0.5) is 11.4 Å². The van der Waals surface area contributed by atoms with Gasteiger partial charge >= 0.3 is 5.97 Å². The number of ether oxygens (including phenoxy) is 2. The number of nitrogens with two attached hydrogens (primary N) is 1. The van der Waals surface area contributed by atoms with E-state index in [1.807, 2.05) is 0 Å². The first-order chi connectivity index (χ1) is 15.6. The molecular formula is C26H37BrN2O5. The highest BCUT2D eigenvalue weighted by Crippen LogP contribution is 2.31. The van der Waals surface area contributed by atoms with Crippen LogP contribution in [0.5, 0.6) is 5.75 Å². The molecule has 188 valence electrons. The number of nitrogens with one attached hydrogen (secondary N) is 1. The Kier molecular flexibility index (Phi) is 17.8. The molecule has 0 aliphatic heterocycles. The highest BCUT2D eigenvalue weighted by Gasteiger charge is 2.18. The van der Waals surface area contributed by atoms with Crippen molar-refractivity contribution >= 4 is 45.0 Å². The number of carbonyl (C=O) groups excluding carboxylic acids is 3. The average Bonchev–Trinajstić information content (AvgIpc) is 2.79. The third kappa shape index (κ3) is 12.2. The number of benzene rings is 2. The molecule has 3 N–H and O–H groups in total. The Morgan fingerprint density at radius 2 is 1.65 bits per heavy atom. The molecule has 0 saturated carbocycles. The van der Waals surface area contributed by atoms with Gasteiger partial charge < -0.3 is 20.5 Å². The fraction of sp³-hybridized carbons (Fsp3) is 0.346. The van der Waals surface area contributed by atoms with Gasteiger partial charge in [-0.25, -0.2) is 0 Å². The van der Waals surface area contributed by atoms with Gasteiger partial charge in [0.05, 0.1) is 25.6 Å². The molecule has 1 amide bonds. The molecule has 0 aliphatic carbocycles. The van der Waals surface area contributed by atoms with Gasteiger partial charge in [-0.3, -0.25) is 14.4 Å². The number of halogens is 1. The van der Waals surface area contributed by atoms with E-state index in [9.17, 15) is 14.4 Å². The third-order valence-electron chi connectivity index (χ3n) is 3.86. The summed E-state index contributed by atoms with van der Waals surface area (Å²) in [6, 6.07) is 10.1. The number of allylic oxidation sites excluding steroid dienone is 1. The van der Waals surface area contributed by atoms with E-state index >= 15 is 0 Å². The number of hydrogen-bond donors (Lipinski definition) is 2. The van der Waals surface area contributed by atoms with E-state index in [1.54, 1.807) is 36.4 Å². The van der Waals surface area contributed by atoms with Crippen LogP contribution in [0, 0.1) is 0 Å². The Balaban J connectivity index is 0. The topological polar surface area (TPSA) is 108 Å². The van der Waals surface area contributed by atoms with Gasteiger partial charge in [0.2, 0.25) is 5.91 Å². The van der Waals surface area contributed by atoms with Gasteiger partial charge in [0, 0.05) is 28.9 Å². The van der Waals surface area contributed by atoms with Crippen molar-refractivity contribution in [1.29, 1.82) is 0 Å². The van der Waals surface area contributed by atoms with Crippen molar-refractivity contribution in [2.45, 2.75) is 47.5 Å². The molecule has 0 aromatic heterocycles. The molecule has 0 atom stereocenters. The molecule has 0 spiro atoms. The molecule has 2 aromatic rings. The minimum absolute atomic E-state index is 0. The van der Waals surface area contributed by atoms with E-state index in [0.717, 1.165) is 4.47 Å². The minimum Gasteiger partial charge on any atom is -0.495 e. The highest BCUT2D eigenvalue weighted by molar-refractivity contribution is 9.10. The van der Waals surface area contributed by atoms with Crippen molar-refractivity contribution in [2.24, 2.45) is 0 Å². The normalized spacial score (nSPS) is 9.00. The van der Waals surface area contributed by atoms with Gasteiger partial charge in [-0.15, -0.1) is 6.58 Å². The quantitative estimate of drug-likeness (QED) is 0.183. The molecule has 0 radical (unpaired) electrons. The van der Waals surface area contributed by atoms with E-state index < -0.39 is 0 Å². The number of amides is 1. The molecule has 0 heterocycles. The molecule has 0 aliphatic rings. The second-order valence-electron chi connectivity index (χ2n) is 6.75. The van der Waals surface area contributed by atoms with Gasteiger partial charge in [0.25, 0.3) is 0 Å². The average molecular weight is 537 g/mol. The number of nitrogen functional groups attached to an aromatic ring is 1. The first kappa shape index (κ1) is 33.0. The molecule has 2 aromatic carbocycles. The second kappa shape index (κ2) is 18.3. The van der Waals surface area contributed by atoms with Crippen molar-refractivity contribution in [1.82, 2.24) is 0 Å². The SMILES string of the molecule is C.C=CCCC(=O)Nc1cc(N)c(OC)cc1C(=O)c1ccc(Br)cc1.CCC.COC(C)=O. The summed E-state index contributed by atoms with van der Waals surface area (Å²) in [6.07, 6.45) is 3.74. The molecule has 2 rings (SSSR count). The summed E-state index contributed by atoms with van der Waals surface area (Å²) in [7, 11) is 2.82. The number of methoxy groups -OCH3 is 2. The van der Waals surface area contributed by atoms with E-state index in [2.05, 4.69) is 46.4 Å². The van der Waals surface area contributed by atoms with Crippen molar-refractivity contribution in [3.63, 3.8) is 0 Å². The van der Waals surface area contributed by atoms with Crippen LogP contribution in [0.15, 0.2) is 53.5 Å². The van der Waals surface area contributed by atoms with E-state index in [-0.39, 0.29) is 31.5 Å². The summed E-state index contributed by atoms with van der Waals surface area (Å²) in [5, 5.41) is 2.75. The fourth-order valence-corrected chi connectivity index (χ4v) is 2.53. The van der Waals surface area contributed by atoms with Gasteiger partial charge in [-0.05, 0) is 42.8 Å². The van der Waals surface area contributed by atoms with Crippen LogP contribution in [-0.2, 0) is 14.3 Å². The Morgan fingerprint density at radius 1 is 1.12 bits per heavy atom. The summed E-state index contributed by atoms with van der Waals surface area (Å²) in [5.41, 5.74) is 7.44. The zero-order valence-electron chi connectivity index (χ0n) is 19.9. The molecule has 0 unspecified atom stereocenters. The number of hydrogen-bond acceptors (Lipinski definition) is 6. The van der Waals surface area contributed by atoms with Gasteiger partial charge in [-0.2, -0.15) is 0 Å². The number of esters is 1. The number of ketones is 1. The van der Waals surface area contributed by atoms with Gasteiger partial charge in [0.1, 0.15) is 5.75 Å². The summed E-state index contributed by atoms with van der Waals surface area (Å²) >= 11 is 3.34. The lowest BCUT2D eigenvalue weighted by molar-refractivity contribution is -0.137. The van der Waals surface area contributed by atoms with Crippen LogP contribution in [0.2, 0.25) is 0 Å². The predicted octanol–water partition coefficient (Wildman–Crippen LogP) is 6.41. The standard InChI is InChI=1S/C19H19BrN2O3.C3H6O2.C3H8.CH4/c1-3-4-5-18(23)22-16-11-15(21)17(25-2)10-14(16)19(24)12-6-8-13(20)9-7-12;1-3(4)5-2;1-3-2;/h3,6-11H,1,4-5,21H2,2H3,(H,22,23);1-2H3;3H2,1-2H3;1H4. The molecule has 0 fully saturated rings. The van der Waals surface area contributed by atoms with Crippen molar-refractivity contribution in [3.8, 4) is 5.75 Å². The Hall–Kier alpha value is -3.13. The maximum absolute atomic E-state index is 12.9. The molecular weight excluding hydrogens is 500 g/mol. The Bertz CT molecular complexity index is 928. The molecule has 8 heteroatoms. The van der Waals surface area contributed by atoms with Gasteiger partial charge in [0.15, 0.2) is 5.78 Å². The zero-order chi connectivity index (χ0) is 25.4. The molecule has 7 nitrogen and oxygen atoms in total. The number of anilines is 2. The Labute approximate surface area is 211 Å². The fourth-order valence-electron chi connectivity index (χ4n) is 2.27. The lowest BCUT2D eigenvalue weighted by Gasteiger charge is -2.14. The van der Waals surface area contributed by atoms with Crippen LogP contribution in [-0.4, -0.2) is 31.9 Å². The van der Waals surface area contributed by atoms with Gasteiger partial charge in [-0.1, -0.05) is 49.7 Å². The zero-order valence-corrected chi connectivity index (χ0v) is 21.5. The highest BCUT2D eigenvalue weighted by atomic mass is 79.9. The van der Waals surface area contributed by atoms with Crippen LogP contribution < -0.4 is 15.8 Å². The van der Waals surface area contributed by atoms with Crippen LogP contribution in [0.1, 0.15) is 63.4 Å². The van der Waals surface area contributed by atoms with E-state index in [4.69, 9.17) is 10.5 Å². The molecule has 34 heavy (non-hydrogen) atoms. The number of rotatable bonds is 7. The summed E-state index contributed by atoms with van der Waals surface area (Å²) in [4.78, 5) is 34.5. The third-order valence-corrected chi connectivity index (χ3v) is 4.39. The van der Waals surface area contributed by atoms with Crippen molar-refractivity contribution < 1.29 is 23.9 Å². The summed E-state index contributed by atoms with van der Waals surface area (Å²) < 4.78 is 10.2. The summed E-state index contributed by atoms with van der Waals surface area (Å²) in [5.74, 6) is -0.311. The predicted molar refractivity (Wildman–Crippen MR) is 143 cm³/mol. The van der Waals surface area contributed by atoms with E-state index in [1.165, 1.54) is 33.6 Å². The first-order valence-electron chi connectivity index (χ1n) is 10.4. The lowest BCUT2D eigenvalue weighted by Crippen LogP contribution is -2.15. The first-order valence-corrected chi connectivity index (χ1v) is 11.2. The maximum atomic E-state index is 12.9. The van der Waals surface area contributed by atoms with Crippen LogP contribution in [0.25, 0.3) is 0 Å². The van der Waals surface area contributed by atoms with Crippen LogP contribution >= 0.6 is 15.9 Å². The monoisotopic (exact) mass is 536 g/mol. The lowest BCUT2D eigenvalue weighted by atomic mass is 10.0. The van der Waals surface area contributed by atoms with Crippen molar-refractivity contribution in [3.05, 3.63) is 64.7 Å².